The minimum Gasteiger partial charge on any atom is -0.356 e. The van der Waals surface area contributed by atoms with Crippen LogP contribution >= 0.6 is 11.6 Å². The number of rotatable bonds is 5. The highest BCUT2D eigenvalue weighted by Gasteiger charge is 2.08. The molecule has 0 unspecified atom stereocenters. The summed E-state index contributed by atoms with van der Waals surface area (Å²) in [4.78, 5) is 22.7. The third-order valence-electron chi connectivity index (χ3n) is 2.02. The summed E-state index contributed by atoms with van der Waals surface area (Å²) in [5.74, 6) is -0.598. The van der Waals surface area contributed by atoms with Gasteiger partial charge in [0.1, 0.15) is 6.42 Å². The maximum atomic E-state index is 11.5. The van der Waals surface area contributed by atoms with E-state index in [-0.39, 0.29) is 18.2 Å². The first-order valence-electron chi connectivity index (χ1n) is 5.44. The quantitative estimate of drug-likeness (QED) is 0.792. The fourth-order valence-electron chi connectivity index (χ4n) is 1.21. The lowest BCUT2D eigenvalue weighted by Gasteiger charge is -2.05. The molecule has 0 fully saturated rings. The Labute approximate surface area is 105 Å². The predicted molar refractivity (Wildman–Crippen MR) is 68.0 cm³/mol. The van der Waals surface area contributed by atoms with Gasteiger partial charge in [-0.15, -0.1) is 0 Å². The molecule has 0 heterocycles. The molecule has 0 aliphatic heterocycles. The van der Waals surface area contributed by atoms with Gasteiger partial charge in [-0.3, -0.25) is 9.59 Å². The van der Waals surface area contributed by atoms with Gasteiger partial charge in [-0.2, -0.15) is 0 Å². The molecule has 0 bridgehead atoms. The minimum atomic E-state index is -0.332. The molecule has 1 aromatic rings. The number of carbonyl (C=O) groups is 2. The Morgan fingerprint density at radius 2 is 1.82 bits per heavy atom. The maximum Gasteiger partial charge on any atom is 0.233 e. The van der Waals surface area contributed by atoms with Crippen molar-refractivity contribution < 1.29 is 9.59 Å². The smallest absolute Gasteiger partial charge is 0.233 e. The number of amides is 2. The van der Waals surface area contributed by atoms with E-state index in [0.29, 0.717) is 17.3 Å². The third kappa shape index (κ3) is 5.36. The fraction of sp³-hybridized carbons (Fsp3) is 0.333. The second-order valence-corrected chi connectivity index (χ2v) is 4.02. The van der Waals surface area contributed by atoms with Gasteiger partial charge >= 0.3 is 0 Å². The molecule has 0 aliphatic carbocycles. The summed E-state index contributed by atoms with van der Waals surface area (Å²) in [6, 6.07) is 6.72. The van der Waals surface area contributed by atoms with Crippen molar-refractivity contribution in [2.45, 2.75) is 19.8 Å². The second-order valence-electron chi connectivity index (χ2n) is 3.58. The van der Waals surface area contributed by atoms with Gasteiger partial charge in [-0.25, -0.2) is 0 Å². The van der Waals surface area contributed by atoms with Crippen LogP contribution in [0.2, 0.25) is 5.02 Å². The van der Waals surface area contributed by atoms with Crippen molar-refractivity contribution in [1.29, 1.82) is 0 Å². The molecule has 0 aliphatic rings. The van der Waals surface area contributed by atoms with Crippen molar-refractivity contribution in [2.75, 3.05) is 11.9 Å². The number of nitrogens with one attached hydrogen (secondary N) is 2. The average Bonchev–Trinajstić information content (AvgIpc) is 2.29. The van der Waals surface area contributed by atoms with Gasteiger partial charge in [0.25, 0.3) is 0 Å². The van der Waals surface area contributed by atoms with Crippen molar-refractivity contribution in [2.24, 2.45) is 0 Å². The summed E-state index contributed by atoms with van der Waals surface area (Å²) in [5.41, 5.74) is 0.627. The summed E-state index contributed by atoms with van der Waals surface area (Å²) < 4.78 is 0. The molecule has 1 rings (SSSR count). The summed E-state index contributed by atoms with van der Waals surface area (Å²) >= 11 is 5.71. The lowest BCUT2D eigenvalue weighted by molar-refractivity contribution is -0.126. The summed E-state index contributed by atoms with van der Waals surface area (Å²) in [7, 11) is 0. The SMILES string of the molecule is CCCNC(=O)CC(=O)Nc1ccc(Cl)cc1. The van der Waals surface area contributed by atoms with Crippen molar-refractivity contribution >= 4 is 29.1 Å². The molecule has 2 N–H and O–H groups in total. The Hall–Kier alpha value is -1.55. The van der Waals surface area contributed by atoms with Gasteiger partial charge in [0.05, 0.1) is 0 Å². The number of benzene rings is 1. The Balaban J connectivity index is 2.39. The number of halogens is 1. The van der Waals surface area contributed by atoms with Crippen molar-refractivity contribution in [3.05, 3.63) is 29.3 Å². The summed E-state index contributed by atoms with van der Waals surface area (Å²) in [6.07, 6.45) is 0.688. The number of carbonyl (C=O) groups excluding carboxylic acids is 2. The Kier molecular flexibility index (Phi) is 5.49. The van der Waals surface area contributed by atoms with E-state index in [1.54, 1.807) is 24.3 Å². The van der Waals surface area contributed by atoms with Gasteiger partial charge in [0, 0.05) is 17.3 Å². The molecule has 0 saturated heterocycles. The Morgan fingerprint density at radius 3 is 2.41 bits per heavy atom. The lowest BCUT2D eigenvalue weighted by Crippen LogP contribution is -2.28. The normalized spacial score (nSPS) is 9.76. The highest BCUT2D eigenvalue weighted by molar-refractivity contribution is 6.30. The van der Waals surface area contributed by atoms with Gasteiger partial charge in [-0.1, -0.05) is 18.5 Å². The van der Waals surface area contributed by atoms with E-state index < -0.39 is 0 Å². The topological polar surface area (TPSA) is 58.2 Å². The van der Waals surface area contributed by atoms with Crippen LogP contribution in [0.3, 0.4) is 0 Å². The standard InChI is InChI=1S/C12H15ClN2O2/c1-2-7-14-11(16)8-12(17)15-10-5-3-9(13)4-6-10/h3-6H,2,7-8H2,1H3,(H,14,16)(H,15,17). The lowest BCUT2D eigenvalue weighted by atomic mass is 10.3. The second kappa shape index (κ2) is 6.91. The molecule has 4 nitrogen and oxygen atoms in total. The van der Waals surface area contributed by atoms with E-state index in [4.69, 9.17) is 11.6 Å². The molecule has 1 aromatic carbocycles. The van der Waals surface area contributed by atoms with Crippen molar-refractivity contribution in [1.82, 2.24) is 5.32 Å². The molecule has 0 aromatic heterocycles. The van der Waals surface area contributed by atoms with E-state index in [1.807, 2.05) is 6.92 Å². The molecular weight excluding hydrogens is 240 g/mol. The highest BCUT2D eigenvalue weighted by atomic mass is 35.5. The van der Waals surface area contributed by atoms with Crippen LogP contribution in [0.5, 0.6) is 0 Å². The van der Waals surface area contributed by atoms with E-state index in [2.05, 4.69) is 10.6 Å². The van der Waals surface area contributed by atoms with Gasteiger partial charge in [-0.05, 0) is 30.7 Å². The predicted octanol–water partition coefficient (Wildman–Crippen LogP) is 2.19. The number of hydrogen-bond acceptors (Lipinski definition) is 2. The fourth-order valence-corrected chi connectivity index (χ4v) is 1.34. The molecule has 0 atom stereocenters. The molecule has 2 amide bonds. The van der Waals surface area contributed by atoms with Gasteiger partial charge in [0.2, 0.25) is 11.8 Å². The Morgan fingerprint density at radius 1 is 1.18 bits per heavy atom. The minimum absolute atomic E-state index is 0.164. The zero-order valence-corrected chi connectivity index (χ0v) is 10.4. The summed E-state index contributed by atoms with van der Waals surface area (Å²) in [6.45, 7) is 2.54. The zero-order chi connectivity index (χ0) is 12.7. The monoisotopic (exact) mass is 254 g/mol. The number of anilines is 1. The van der Waals surface area contributed by atoms with Crippen molar-refractivity contribution in [3.8, 4) is 0 Å². The van der Waals surface area contributed by atoms with Crippen LogP contribution < -0.4 is 10.6 Å². The van der Waals surface area contributed by atoms with Crippen molar-refractivity contribution in [3.63, 3.8) is 0 Å². The van der Waals surface area contributed by atoms with Crippen LogP contribution in [0.25, 0.3) is 0 Å². The molecule has 5 heteroatoms. The van der Waals surface area contributed by atoms with Crippen LogP contribution in [-0.4, -0.2) is 18.4 Å². The average molecular weight is 255 g/mol. The first-order chi connectivity index (χ1) is 8.11. The molecule has 0 saturated carbocycles. The first kappa shape index (κ1) is 13.5. The number of hydrogen-bond donors (Lipinski definition) is 2. The molecule has 0 radical (unpaired) electrons. The molecule has 17 heavy (non-hydrogen) atoms. The molecule has 92 valence electrons. The van der Waals surface area contributed by atoms with Crippen LogP contribution in [0, 0.1) is 0 Å². The zero-order valence-electron chi connectivity index (χ0n) is 9.63. The highest BCUT2D eigenvalue weighted by Crippen LogP contribution is 2.13. The Bertz CT molecular complexity index is 390. The van der Waals surface area contributed by atoms with E-state index in [1.165, 1.54) is 0 Å². The molecular formula is C12H15ClN2O2. The van der Waals surface area contributed by atoms with Gasteiger partial charge < -0.3 is 10.6 Å². The van der Waals surface area contributed by atoms with E-state index >= 15 is 0 Å². The van der Waals surface area contributed by atoms with E-state index in [9.17, 15) is 9.59 Å². The van der Waals surface area contributed by atoms with Crippen LogP contribution in [0.1, 0.15) is 19.8 Å². The summed E-state index contributed by atoms with van der Waals surface area (Å²) in [5, 5.41) is 5.86. The van der Waals surface area contributed by atoms with E-state index in [0.717, 1.165) is 6.42 Å². The van der Waals surface area contributed by atoms with Crippen LogP contribution in [0.4, 0.5) is 5.69 Å². The van der Waals surface area contributed by atoms with Crippen LogP contribution in [-0.2, 0) is 9.59 Å². The molecule has 0 spiro atoms. The largest absolute Gasteiger partial charge is 0.356 e. The maximum absolute atomic E-state index is 11.5. The third-order valence-corrected chi connectivity index (χ3v) is 2.27. The van der Waals surface area contributed by atoms with Gasteiger partial charge in [0.15, 0.2) is 0 Å². The van der Waals surface area contributed by atoms with Crippen LogP contribution in [0.15, 0.2) is 24.3 Å². The first-order valence-corrected chi connectivity index (χ1v) is 5.81.